The molecule has 82 valence electrons. The fraction of sp³-hybridized carbons (Fsp3) is 0. The molecular formula is C12H10FIN2. The van der Waals surface area contributed by atoms with Gasteiger partial charge in [-0.3, -0.25) is 0 Å². The summed E-state index contributed by atoms with van der Waals surface area (Å²) in [7, 11) is 0. The highest BCUT2D eigenvalue weighted by Crippen LogP contribution is 2.24. The van der Waals surface area contributed by atoms with Crippen molar-refractivity contribution in [1.82, 2.24) is 0 Å². The Balaban J connectivity index is 2.27. The minimum atomic E-state index is -0.234. The van der Waals surface area contributed by atoms with Crippen LogP contribution < -0.4 is 11.1 Å². The molecule has 2 aromatic rings. The van der Waals surface area contributed by atoms with Gasteiger partial charge in [0.2, 0.25) is 0 Å². The maximum atomic E-state index is 12.9. The number of nitrogens with two attached hydrogens (primary N) is 1. The van der Waals surface area contributed by atoms with Crippen LogP contribution >= 0.6 is 22.6 Å². The van der Waals surface area contributed by atoms with Crippen LogP contribution in [0.25, 0.3) is 0 Å². The molecule has 4 heteroatoms. The maximum Gasteiger partial charge on any atom is 0.124 e. The molecule has 2 aromatic carbocycles. The van der Waals surface area contributed by atoms with Gasteiger partial charge in [0, 0.05) is 14.9 Å². The number of nitrogens with one attached hydrogen (secondary N) is 1. The van der Waals surface area contributed by atoms with Crippen LogP contribution in [0.15, 0.2) is 42.5 Å². The molecule has 2 rings (SSSR count). The molecular weight excluding hydrogens is 318 g/mol. The normalized spacial score (nSPS) is 10.1. The van der Waals surface area contributed by atoms with Crippen molar-refractivity contribution in [3.63, 3.8) is 0 Å². The first-order chi connectivity index (χ1) is 7.65. The summed E-state index contributed by atoms with van der Waals surface area (Å²) in [5.74, 6) is -0.234. The highest BCUT2D eigenvalue weighted by Gasteiger charge is 2.01. The summed E-state index contributed by atoms with van der Waals surface area (Å²) in [6.45, 7) is 0. The summed E-state index contributed by atoms with van der Waals surface area (Å²) in [5, 5.41) is 3.19. The van der Waals surface area contributed by atoms with Gasteiger partial charge in [0.15, 0.2) is 0 Å². The van der Waals surface area contributed by atoms with E-state index in [-0.39, 0.29) is 5.82 Å². The number of halogens is 2. The van der Waals surface area contributed by atoms with Crippen molar-refractivity contribution >= 4 is 39.7 Å². The van der Waals surface area contributed by atoms with E-state index in [4.69, 9.17) is 5.73 Å². The van der Waals surface area contributed by atoms with Crippen LogP contribution in [0.2, 0.25) is 0 Å². The molecule has 0 bridgehead atoms. The second kappa shape index (κ2) is 4.69. The number of hydrogen-bond donors (Lipinski definition) is 2. The van der Waals surface area contributed by atoms with E-state index >= 15 is 0 Å². The first-order valence-electron chi connectivity index (χ1n) is 4.73. The molecule has 0 spiro atoms. The summed E-state index contributed by atoms with van der Waals surface area (Å²) in [6, 6.07) is 12.1. The van der Waals surface area contributed by atoms with Crippen LogP contribution in [-0.4, -0.2) is 0 Å². The van der Waals surface area contributed by atoms with Crippen molar-refractivity contribution in [2.75, 3.05) is 11.1 Å². The highest BCUT2D eigenvalue weighted by atomic mass is 127. The van der Waals surface area contributed by atoms with Gasteiger partial charge < -0.3 is 11.1 Å². The largest absolute Gasteiger partial charge is 0.399 e. The predicted molar refractivity (Wildman–Crippen MR) is 73.3 cm³/mol. The van der Waals surface area contributed by atoms with Crippen molar-refractivity contribution < 1.29 is 4.39 Å². The maximum absolute atomic E-state index is 12.9. The van der Waals surface area contributed by atoms with Gasteiger partial charge in [0.05, 0.1) is 5.69 Å². The minimum Gasteiger partial charge on any atom is -0.399 e. The third-order valence-electron chi connectivity index (χ3n) is 2.10. The van der Waals surface area contributed by atoms with Gasteiger partial charge in [0.1, 0.15) is 5.82 Å². The average Bonchev–Trinajstić information content (AvgIpc) is 2.22. The van der Waals surface area contributed by atoms with Gasteiger partial charge >= 0.3 is 0 Å². The summed E-state index contributed by atoms with van der Waals surface area (Å²) >= 11 is 2.09. The Kier molecular flexibility index (Phi) is 3.28. The summed E-state index contributed by atoms with van der Waals surface area (Å²) < 4.78 is 13.7. The van der Waals surface area contributed by atoms with Crippen molar-refractivity contribution in [1.29, 1.82) is 0 Å². The Morgan fingerprint density at radius 2 is 1.94 bits per heavy atom. The van der Waals surface area contributed by atoms with E-state index in [0.717, 1.165) is 14.9 Å². The fourth-order valence-electron chi connectivity index (χ4n) is 1.36. The molecule has 0 aliphatic carbocycles. The number of nitrogen functional groups attached to an aromatic ring is 1. The third-order valence-corrected chi connectivity index (χ3v) is 2.99. The molecule has 0 saturated heterocycles. The highest BCUT2D eigenvalue weighted by molar-refractivity contribution is 14.1. The Morgan fingerprint density at radius 3 is 2.62 bits per heavy atom. The monoisotopic (exact) mass is 328 g/mol. The first kappa shape index (κ1) is 11.2. The van der Waals surface area contributed by atoms with Gasteiger partial charge in [-0.05, 0) is 59.0 Å². The van der Waals surface area contributed by atoms with Gasteiger partial charge in [0.25, 0.3) is 0 Å². The third kappa shape index (κ3) is 2.63. The van der Waals surface area contributed by atoms with Crippen LogP contribution in [0.4, 0.5) is 21.5 Å². The zero-order chi connectivity index (χ0) is 11.5. The molecule has 2 nitrogen and oxygen atoms in total. The lowest BCUT2D eigenvalue weighted by molar-refractivity contribution is 0.627. The van der Waals surface area contributed by atoms with E-state index < -0.39 is 0 Å². The number of rotatable bonds is 2. The van der Waals surface area contributed by atoms with Gasteiger partial charge in [-0.25, -0.2) is 4.39 Å². The molecule has 0 radical (unpaired) electrons. The molecule has 0 unspecified atom stereocenters. The van der Waals surface area contributed by atoms with E-state index in [1.165, 1.54) is 12.1 Å². The van der Waals surface area contributed by atoms with Gasteiger partial charge in [-0.15, -0.1) is 0 Å². The van der Waals surface area contributed by atoms with Crippen molar-refractivity contribution in [3.8, 4) is 0 Å². The molecule has 0 aliphatic heterocycles. The van der Waals surface area contributed by atoms with Gasteiger partial charge in [-0.1, -0.05) is 6.07 Å². The molecule has 0 saturated carbocycles. The van der Waals surface area contributed by atoms with Crippen molar-refractivity contribution in [3.05, 3.63) is 51.9 Å². The number of anilines is 3. The van der Waals surface area contributed by atoms with E-state index in [1.807, 2.05) is 24.3 Å². The molecule has 0 aliphatic rings. The fourth-order valence-corrected chi connectivity index (χ4v) is 1.97. The van der Waals surface area contributed by atoms with E-state index in [2.05, 4.69) is 27.9 Å². The van der Waals surface area contributed by atoms with Crippen molar-refractivity contribution in [2.45, 2.75) is 0 Å². The zero-order valence-electron chi connectivity index (χ0n) is 8.37. The van der Waals surface area contributed by atoms with Crippen LogP contribution in [0.1, 0.15) is 0 Å². The van der Waals surface area contributed by atoms with Crippen LogP contribution in [0, 0.1) is 9.39 Å². The Hall–Kier alpha value is -1.30. The standard InChI is InChI=1S/C12H10FIN2/c13-8-4-5-12(11(14)6-8)16-10-3-1-2-9(15)7-10/h1-7,16H,15H2. The topological polar surface area (TPSA) is 38.0 Å². The Labute approximate surface area is 107 Å². The van der Waals surface area contributed by atoms with Crippen LogP contribution in [-0.2, 0) is 0 Å². The molecule has 0 aromatic heterocycles. The Bertz CT molecular complexity index is 514. The number of hydrogen-bond acceptors (Lipinski definition) is 2. The summed E-state index contributed by atoms with van der Waals surface area (Å²) in [5.41, 5.74) is 8.13. The second-order valence-electron chi connectivity index (χ2n) is 3.37. The summed E-state index contributed by atoms with van der Waals surface area (Å²) in [6.07, 6.45) is 0. The average molecular weight is 328 g/mol. The zero-order valence-corrected chi connectivity index (χ0v) is 10.5. The lowest BCUT2D eigenvalue weighted by Gasteiger charge is -2.09. The molecule has 0 fully saturated rings. The molecule has 0 atom stereocenters. The second-order valence-corrected chi connectivity index (χ2v) is 4.54. The van der Waals surface area contributed by atoms with Crippen molar-refractivity contribution in [2.24, 2.45) is 0 Å². The van der Waals surface area contributed by atoms with E-state index in [9.17, 15) is 4.39 Å². The number of benzene rings is 2. The Morgan fingerprint density at radius 1 is 1.12 bits per heavy atom. The summed E-state index contributed by atoms with van der Waals surface area (Å²) in [4.78, 5) is 0. The lowest BCUT2D eigenvalue weighted by atomic mass is 10.2. The first-order valence-corrected chi connectivity index (χ1v) is 5.80. The van der Waals surface area contributed by atoms with Gasteiger partial charge in [-0.2, -0.15) is 0 Å². The SMILES string of the molecule is Nc1cccc(Nc2ccc(F)cc2I)c1. The van der Waals surface area contributed by atoms with E-state index in [1.54, 1.807) is 6.07 Å². The van der Waals surface area contributed by atoms with Crippen LogP contribution in [0.3, 0.4) is 0 Å². The molecule has 3 N–H and O–H groups in total. The minimum absolute atomic E-state index is 0.234. The molecule has 0 amide bonds. The van der Waals surface area contributed by atoms with Crippen LogP contribution in [0.5, 0.6) is 0 Å². The molecule has 16 heavy (non-hydrogen) atoms. The quantitative estimate of drug-likeness (QED) is 0.651. The predicted octanol–water partition coefficient (Wildman–Crippen LogP) is 3.76. The van der Waals surface area contributed by atoms with E-state index in [0.29, 0.717) is 5.69 Å². The lowest BCUT2D eigenvalue weighted by Crippen LogP contribution is -1.94. The molecule has 0 heterocycles. The smallest absolute Gasteiger partial charge is 0.124 e.